The number of fused-ring (bicyclic) bond motifs is 1. The van der Waals surface area contributed by atoms with Crippen LogP contribution in [0.25, 0.3) is 0 Å². The molecule has 21 heavy (non-hydrogen) atoms. The lowest BCUT2D eigenvalue weighted by atomic mass is 9.99. The van der Waals surface area contributed by atoms with Crippen LogP contribution in [0.5, 0.6) is 0 Å². The second-order valence-corrected chi connectivity index (χ2v) is 6.73. The molecular weight excluding hydrogens is 260 g/mol. The standard InChI is InChI=1S/C18H26N2O/c1-14-9-11-20(12-10-14)18(21)13-19(2)17-8-7-15-5-3-4-6-16(15)17/h3-6,14,17H,7-13H2,1-2H3. The molecule has 1 unspecified atom stereocenters. The molecule has 1 fully saturated rings. The number of carbonyl (C=O) groups excluding carboxylic acids is 1. The number of carbonyl (C=O) groups is 1. The quantitative estimate of drug-likeness (QED) is 0.853. The number of aryl methyl sites for hydroxylation is 1. The second-order valence-electron chi connectivity index (χ2n) is 6.73. The Hall–Kier alpha value is -1.35. The Balaban J connectivity index is 1.59. The smallest absolute Gasteiger partial charge is 0.236 e. The molecule has 0 bridgehead atoms. The molecule has 0 N–H and O–H groups in total. The van der Waals surface area contributed by atoms with Crippen molar-refractivity contribution >= 4 is 5.91 Å². The molecule has 1 aromatic rings. The Morgan fingerprint density at radius 2 is 1.95 bits per heavy atom. The van der Waals surface area contributed by atoms with Gasteiger partial charge in [-0.3, -0.25) is 9.69 Å². The zero-order chi connectivity index (χ0) is 14.8. The van der Waals surface area contributed by atoms with Crippen LogP contribution in [0.1, 0.15) is 43.4 Å². The molecule has 3 heteroatoms. The van der Waals surface area contributed by atoms with Gasteiger partial charge in [0.25, 0.3) is 0 Å². The van der Waals surface area contributed by atoms with E-state index in [1.165, 1.54) is 11.1 Å². The first-order valence-electron chi connectivity index (χ1n) is 8.21. The molecule has 1 saturated heterocycles. The SMILES string of the molecule is CC1CCN(C(=O)CN(C)C2CCc3ccccc32)CC1. The third-order valence-electron chi connectivity index (χ3n) is 5.15. The number of nitrogens with zero attached hydrogens (tertiary/aromatic N) is 2. The van der Waals surface area contributed by atoms with Gasteiger partial charge in [-0.1, -0.05) is 31.2 Å². The number of likely N-dealkylation sites (tertiary alicyclic amines) is 1. The van der Waals surface area contributed by atoms with E-state index in [0.717, 1.165) is 44.7 Å². The highest BCUT2D eigenvalue weighted by atomic mass is 16.2. The summed E-state index contributed by atoms with van der Waals surface area (Å²) in [6.07, 6.45) is 4.59. The minimum absolute atomic E-state index is 0.300. The van der Waals surface area contributed by atoms with Crippen molar-refractivity contribution in [1.29, 1.82) is 0 Å². The lowest BCUT2D eigenvalue weighted by Crippen LogP contribution is -2.43. The maximum absolute atomic E-state index is 12.5. The fourth-order valence-electron chi connectivity index (χ4n) is 3.67. The van der Waals surface area contributed by atoms with Crippen LogP contribution in [-0.2, 0) is 11.2 Å². The molecule has 3 rings (SSSR count). The molecular formula is C18H26N2O. The van der Waals surface area contributed by atoms with Crippen LogP contribution in [0.3, 0.4) is 0 Å². The summed E-state index contributed by atoms with van der Waals surface area (Å²) in [6.45, 7) is 4.71. The summed E-state index contributed by atoms with van der Waals surface area (Å²) in [5, 5.41) is 0. The van der Waals surface area contributed by atoms with E-state index in [4.69, 9.17) is 0 Å². The van der Waals surface area contributed by atoms with E-state index >= 15 is 0 Å². The van der Waals surface area contributed by atoms with E-state index in [1.807, 2.05) is 0 Å². The van der Waals surface area contributed by atoms with Gasteiger partial charge in [-0.15, -0.1) is 0 Å². The van der Waals surface area contributed by atoms with Gasteiger partial charge in [0.15, 0.2) is 0 Å². The minimum Gasteiger partial charge on any atom is -0.342 e. The zero-order valence-corrected chi connectivity index (χ0v) is 13.2. The fraction of sp³-hybridized carbons (Fsp3) is 0.611. The average Bonchev–Trinajstić information content (AvgIpc) is 2.92. The highest BCUT2D eigenvalue weighted by Gasteiger charge is 2.28. The summed E-state index contributed by atoms with van der Waals surface area (Å²) in [7, 11) is 2.09. The molecule has 1 aliphatic heterocycles. The van der Waals surface area contributed by atoms with Gasteiger partial charge >= 0.3 is 0 Å². The van der Waals surface area contributed by atoms with Gasteiger partial charge in [-0.05, 0) is 49.8 Å². The predicted octanol–water partition coefficient (Wildman–Crippen LogP) is 2.86. The number of piperidine rings is 1. The average molecular weight is 286 g/mol. The number of hydrogen-bond donors (Lipinski definition) is 0. The fourth-order valence-corrected chi connectivity index (χ4v) is 3.67. The summed E-state index contributed by atoms with van der Waals surface area (Å²) < 4.78 is 0. The largest absolute Gasteiger partial charge is 0.342 e. The lowest BCUT2D eigenvalue weighted by Gasteiger charge is -2.33. The van der Waals surface area contributed by atoms with Crippen molar-refractivity contribution in [2.24, 2.45) is 5.92 Å². The van der Waals surface area contributed by atoms with Crippen LogP contribution in [0, 0.1) is 5.92 Å². The van der Waals surface area contributed by atoms with Crippen molar-refractivity contribution in [3.8, 4) is 0 Å². The summed E-state index contributed by atoms with van der Waals surface area (Å²) in [5.74, 6) is 1.07. The van der Waals surface area contributed by atoms with Crippen molar-refractivity contribution in [3.05, 3.63) is 35.4 Å². The second kappa shape index (κ2) is 6.18. The van der Waals surface area contributed by atoms with Gasteiger partial charge in [0.1, 0.15) is 0 Å². The first-order chi connectivity index (χ1) is 10.1. The van der Waals surface area contributed by atoms with E-state index in [9.17, 15) is 4.79 Å². The molecule has 1 heterocycles. The molecule has 1 atom stereocenters. The number of likely N-dealkylation sites (N-methyl/N-ethyl adjacent to an activating group) is 1. The summed E-state index contributed by atoms with van der Waals surface area (Å²) in [6, 6.07) is 9.07. The number of benzene rings is 1. The first-order valence-corrected chi connectivity index (χ1v) is 8.21. The number of amides is 1. The van der Waals surface area contributed by atoms with Gasteiger partial charge in [0, 0.05) is 19.1 Å². The van der Waals surface area contributed by atoms with E-state index in [1.54, 1.807) is 0 Å². The van der Waals surface area contributed by atoms with Crippen LogP contribution in [0.2, 0.25) is 0 Å². The van der Waals surface area contributed by atoms with E-state index in [2.05, 4.69) is 48.0 Å². The van der Waals surface area contributed by atoms with Crippen LogP contribution in [-0.4, -0.2) is 42.4 Å². The Morgan fingerprint density at radius 3 is 2.71 bits per heavy atom. The minimum atomic E-state index is 0.300. The van der Waals surface area contributed by atoms with E-state index < -0.39 is 0 Å². The normalized spacial score (nSPS) is 22.6. The van der Waals surface area contributed by atoms with Crippen molar-refractivity contribution < 1.29 is 4.79 Å². The maximum Gasteiger partial charge on any atom is 0.236 e. The lowest BCUT2D eigenvalue weighted by molar-refractivity contribution is -0.134. The van der Waals surface area contributed by atoms with Crippen molar-refractivity contribution in [2.75, 3.05) is 26.7 Å². The molecule has 3 nitrogen and oxygen atoms in total. The monoisotopic (exact) mass is 286 g/mol. The molecule has 0 radical (unpaired) electrons. The van der Waals surface area contributed by atoms with E-state index in [0.29, 0.717) is 18.5 Å². The number of rotatable bonds is 3. The molecule has 1 aromatic carbocycles. The highest BCUT2D eigenvalue weighted by Crippen LogP contribution is 2.34. The molecule has 0 spiro atoms. The molecule has 0 aromatic heterocycles. The summed E-state index contributed by atoms with van der Waals surface area (Å²) in [5.41, 5.74) is 2.87. The zero-order valence-electron chi connectivity index (χ0n) is 13.2. The van der Waals surface area contributed by atoms with Crippen LogP contribution in [0.15, 0.2) is 24.3 Å². The van der Waals surface area contributed by atoms with Gasteiger partial charge < -0.3 is 4.90 Å². The van der Waals surface area contributed by atoms with Crippen molar-refractivity contribution in [2.45, 2.75) is 38.6 Å². The summed E-state index contributed by atoms with van der Waals surface area (Å²) >= 11 is 0. The van der Waals surface area contributed by atoms with E-state index in [-0.39, 0.29) is 0 Å². The van der Waals surface area contributed by atoms with Crippen LogP contribution < -0.4 is 0 Å². The molecule has 1 aliphatic carbocycles. The third-order valence-corrected chi connectivity index (χ3v) is 5.15. The molecule has 2 aliphatic rings. The van der Waals surface area contributed by atoms with Gasteiger partial charge in [-0.2, -0.15) is 0 Å². The van der Waals surface area contributed by atoms with Gasteiger partial charge in [0.2, 0.25) is 5.91 Å². The topological polar surface area (TPSA) is 23.6 Å². The first kappa shape index (κ1) is 14.6. The van der Waals surface area contributed by atoms with Crippen LogP contribution >= 0.6 is 0 Å². The molecule has 0 saturated carbocycles. The highest BCUT2D eigenvalue weighted by molar-refractivity contribution is 5.78. The van der Waals surface area contributed by atoms with Crippen LogP contribution in [0.4, 0.5) is 0 Å². The van der Waals surface area contributed by atoms with Crippen molar-refractivity contribution in [3.63, 3.8) is 0 Å². The third kappa shape index (κ3) is 3.13. The molecule has 1 amide bonds. The predicted molar refractivity (Wildman–Crippen MR) is 85.1 cm³/mol. The van der Waals surface area contributed by atoms with Gasteiger partial charge in [0.05, 0.1) is 6.54 Å². The number of hydrogen-bond acceptors (Lipinski definition) is 2. The summed E-state index contributed by atoms with van der Waals surface area (Å²) in [4.78, 5) is 16.8. The Kier molecular flexibility index (Phi) is 4.29. The maximum atomic E-state index is 12.5. The molecule has 114 valence electrons. The van der Waals surface area contributed by atoms with Crippen molar-refractivity contribution in [1.82, 2.24) is 9.80 Å². The Morgan fingerprint density at radius 1 is 1.24 bits per heavy atom. The van der Waals surface area contributed by atoms with Gasteiger partial charge in [-0.25, -0.2) is 0 Å². The Labute approximate surface area is 127 Å². The Bertz CT molecular complexity index is 506.